The number of halogens is 3. The molecule has 0 heterocycles. The lowest BCUT2D eigenvalue weighted by Crippen LogP contribution is -2.19. The van der Waals surface area contributed by atoms with Gasteiger partial charge in [-0.3, -0.25) is 9.52 Å². The van der Waals surface area contributed by atoms with Crippen molar-refractivity contribution in [3.05, 3.63) is 60.2 Å². The van der Waals surface area contributed by atoms with Gasteiger partial charge in [0.2, 0.25) is 15.9 Å². The minimum absolute atomic E-state index is 0.0358. The maximum absolute atomic E-state index is 12.1. The van der Waals surface area contributed by atoms with E-state index in [1.807, 2.05) is 0 Å². The van der Waals surface area contributed by atoms with Crippen molar-refractivity contribution < 1.29 is 31.1 Å². The van der Waals surface area contributed by atoms with E-state index in [1.165, 1.54) is 36.4 Å². The monoisotopic (exact) mass is 414 g/mol. The molecule has 28 heavy (non-hydrogen) atoms. The summed E-state index contributed by atoms with van der Waals surface area (Å²) in [5, 5.41) is 2.56. The summed E-state index contributed by atoms with van der Waals surface area (Å²) in [5.74, 6) is -0.407. The van der Waals surface area contributed by atoms with Crippen LogP contribution >= 0.6 is 0 Å². The standard InChI is InChI=1S/C18H17F3N2O4S/c1-28(25,26)23-15-5-2-13(3-6-15)4-11-17(24)22-14-7-9-16(10-8-14)27-12-18(19,20)21/h2-11,23H,12H2,1H3,(H,22,24)/b11-4+. The summed E-state index contributed by atoms with van der Waals surface area (Å²) in [4.78, 5) is 11.9. The van der Waals surface area contributed by atoms with Gasteiger partial charge in [0.15, 0.2) is 6.61 Å². The number of ether oxygens (including phenoxy) is 1. The predicted molar refractivity (Wildman–Crippen MR) is 101 cm³/mol. The molecule has 2 N–H and O–H groups in total. The van der Waals surface area contributed by atoms with Crippen LogP contribution in [0.4, 0.5) is 24.5 Å². The maximum atomic E-state index is 12.1. The van der Waals surface area contributed by atoms with Crippen molar-refractivity contribution in [2.24, 2.45) is 0 Å². The van der Waals surface area contributed by atoms with Crippen LogP contribution in [0.2, 0.25) is 0 Å². The van der Waals surface area contributed by atoms with Crippen molar-refractivity contribution in [1.29, 1.82) is 0 Å². The number of hydrogen-bond acceptors (Lipinski definition) is 4. The van der Waals surface area contributed by atoms with E-state index in [4.69, 9.17) is 0 Å². The van der Waals surface area contributed by atoms with Crippen LogP contribution in [-0.2, 0) is 14.8 Å². The van der Waals surface area contributed by atoms with E-state index < -0.39 is 28.7 Å². The molecule has 0 aliphatic rings. The number of rotatable bonds is 7. The summed E-state index contributed by atoms with van der Waals surface area (Å²) in [6.45, 7) is -1.39. The summed E-state index contributed by atoms with van der Waals surface area (Å²) < 4.78 is 65.5. The molecular formula is C18H17F3N2O4S. The molecule has 1 amide bonds. The minimum atomic E-state index is -4.42. The average Bonchev–Trinajstić information content (AvgIpc) is 2.58. The topological polar surface area (TPSA) is 84.5 Å². The Morgan fingerprint density at radius 1 is 1.04 bits per heavy atom. The van der Waals surface area contributed by atoms with Crippen LogP contribution in [0.25, 0.3) is 6.08 Å². The van der Waals surface area contributed by atoms with Gasteiger partial charge in [-0.15, -0.1) is 0 Å². The molecule has 0 radical (unpaired) electrons. The third-order valence-corrected chi connectivity index (χ3v) is 3.77. The summed E-state index contributed by atoms with van der Waals surface area (Å²) in [7, 11) is -3.36. The molecule has 0 saturated carbocycles. The molecule has 0 aliphatic carbocycles. The van der Waals surface area contributed by atoms with Crippen LogP contribution in [0.1, 0.15) is 5.56 Å². The Labute approximate surface area is 160 Å². The maximum Gasteiger partial charge on any atom is 0.422 e. The molecule has 150 valence electrons. The first-order valence-corrected chi connectivity index (χ1v) is 9.76. The van der Waals surface area contributed by atoms with Gasteiger partial charge in [0.25, 0.3) is 0 Å². The summed E-state index contributed by atoms with van der Waals surface area (Å²) in [5.41, 5.74) is 1.46. The lowest BCUT2D eigenvalue weighted by atomic mass is 10.2. The number of alkyl halides is 3. The van der Waals surface area contributed by atoms with Crippen molar-refractivity contribution in [2.75, 3.05) is 22.9 Å². The normalized spacial score (nSPS) is 12.0. The van der Waals surface area contributed by atoms with E-state index in [0.29, 0.717) is 16.9 Å². The molecule has 10 heteroatoms. The number of carbonyl (C=O) groups is 1. The summed E-state index contributed by atoms with van der Waals surface area (Å²) >= 11 is 0. The quantitative estimate of drug-likeness (QED) is 0.678. The van der Waals surface area contributed by atoms with Crippen molar-refractivity contribution >= 4 is 33.4 Å². The fourth-order valence-electron chi connectivity index (χ4n) is 2.03. The fourth-order valence-corrected chi connectivity index (χ4v) is 2.60. The van der Waals surface area contributed by atoms with Crippen molar-refractivity contribution in [3.8, 4) is 5.75 Å². The van der Waals surface area contributed by atoms with Crippen LogP contribution in [0.3, 0.4) is 0 Å². The van der Waals surface area contributed by atoms with E-state index in [1.54, 1.807) is 24.3 Å². The summed E-state index contributed by atoms with van der Waals surface area (Å²) in [6.07, 6.45) is -0.579. The molecule has 2 aromatic rings. The van der Waals surface area contributed by atoms with E-state index >= 15 is 0 Å². The molecule has 0 fully saturated rings. The molecule has 0 atom stereocenters. The van der Waals surface area contributed by atoms with Crippen molar-refractivity contribution in [2.45, 2.75) is 6.18 Å². The molecule has 0 saturated heterocycles. The highest BCUT2D eigenvalue weighted by molar-refractivity contribution is 7.92. The van der Waals surface area contributed by atoms with Crippen LogP contribution < -0.4 is 14.8 Å². The molecule has 6 nitrogen and oxygen atoms in total. The van der Waals surface area contributed by atoms with Crippen LogP contribution in [0, 0.1) is 0 Å². The van der Waals surface area contributed by atoms with Gasteiger partial charge < -0.3 is 10.1 Å². The lowest BCUT2D eigenvalue weighted by Gasteiger charge is -2.09. The van der Waals surface area contributed by atoms with Crippen LogP contribution in [-0.4, -0.2) is 33.4 Å². The Hall–Kier alpha value is -3.01. The number of nitrogens with one attached hydrogen (secondary N) is 2. The highest BCUT2D eigenvalue weighted by Crippen LogP contribution is 2.20. The first-order chi connectivity index (χ1) is 13.0. The van der Waals surface area contributed by atoms with E-state index in [2.05, 4.69) is 14.8 Å². The van der Waals surface area contributed by atoms with Gasteiger partial charge in [-0.05, 0) is 48.0 Å². The van der Waals surface area contributed by atoms with Gasteiger partial charge in [-0.2, -0.15) is 13.2 Å². The zero-order valence-corrected chi connectivity index (χ0v) is 15.5. The van der Waals surface area contributed by atoms with E-state index in [0.717, 1.165) is 6.26 Å². The SMILES string of the molecule is CS(=O)(=O)Nc1ccc(/C=C/C(=O)Nc2ccc(OCC(F)(F)F)cc2)cc1. The Bertz CT molecular complexity index is 938. The number of benzene rings is 2. The fraction of sp³-hybridized carbons (Fsp3) is 0.167. The number of amides is 1. The van der Waals surface area contributed by atoms with Gasteiger partial charge in [0, 0.05) is 17.5 Å². The van der Waals surface area contributed by atoms with Crippen LogP contribution in [0.15, 0.2) is 54.6 Å². The molecule has 0 aliphatic heterocycles. The lowest BCUT2D eigenvalue weighted by molar-refractivity contribution is -0.153. The van der Waals surface area contributed by atoms with E-state index in [9.17, 15) is 26.4 Å². The predicted octanol–water partition coefficient (Wildman–Crippen LogP) is 3.65. The Balaban J connectivity index is 1.89. The van der Waals surface area contributed by atoms with Crippen LogP contribution in [0.5, 0.6) is 5.75 Å². The molecular weight excluding hydrogens is 397 g/mol. The molecule has 2 rings (SSSR count). The highest BCUT2D eigenvalue weighted by Gasteiger charge is 2.28. The second kappa shape index (κ2) is 8.79. The second-order valence-electron chi connectivity index (χ2n) is 5.75. The van der Waals surface area contributed by atoms with Gasteiger partial charge in [-0.25, -0.2) is 8.42 Å². The Kier molecular flexibility index (Phi) is 6.68. The Morgan fingerprint density at radius 3 is 2.14 bits per heavy atom. The Morgan fingerprint density at radius 2 is 1.61 bits per heavy atom. The zero-order chi connectivity index (χ0) is 20.8. The van der Waals surface area contributed by atoms with Gasteiger partial charge in [0.05, 0.1) is 6.26 Å². The van der Waals surface area contributed by atoms with Crippen molar-refractivity contribution in [3.63, 3.8) is 0 Å². The molecule has 0 unspecified atom stereocenters. The second-order valence-corrected chi connectivity index (χ2v) is 7.50. The number of anilines is 2. The average molecular weight is 414 g/mol. The molecule has 0 bridgehead atoms. The van der Waals surface area contributed by atoms with E-state index in [-0.39, 0.29) is 5.75 Å². The zero-order valence-electron chi connectivity index (χ0n) is 14.7. The molecule has 2 aromatic carbocycles. The number of sulfonamides is 1. The smallest absolute Gasteiger partial charge is 0.422 e. The van der Waals surface area contributed by atoms with Gasteiger partial charge in [0.1, 0.15) is 5.75 Å². The first kappa shape index (κ1) is 21.3. The largest absolute Gasteiger partial charge is 0.484 e. The van der Waals surface area contributed by atoms with Crippen molar-refractivity contribution in [1.82, 2.24) is 0 Å². The third-order valence-electron chi connectivity index (χ3n) is 3.17. The third kappa shape index (κ3) is 8.12. The molecule has 0 aromatic heterocycles. The highest BCUT2D eigenvalue weighted by atomic mass is 32.2. The summed E-state index contributed by atoms with van der Waals surface area (Å²) in [6, 6.07) is 11.8. The van der Waals surface area contributed by atoms with Gasteiger partial charge >= 0.3 is 6.18 Å². The number of carbonyl (C=O) groups excluding carboxylic acids is 1. The minimum Gasteiger partial charge on any atom is -0.484 e. The molecule has 0 spiro atoms. The first-order valence-electron chi connectivity index (χ1n) is 7.87. The van der Waals surface area contributed by atoms with Gasteiger partial charge in [-0.1, -0.05) is 12.1 Å². The number of hydrogen-bond donors (Lipinski definition) is 2.